The van der Waals surface area contributed by atoms with Gasteiger partial charge in [-0.15, -0.1) is 0 Å². The molecule has 0 amide bonds. The summed E-state index contributed by atoms with van der Waals surface area (Å²) in [6.45, 7) is 2.64. The van der Waals surface area contributed by atoms with Crippen molar-refractivity contribution in [2.24, 2.45) is 5.73 Å². The molecule has 0 spiro atoms. The van der Waals surface area contributed by atoms with E-state index in [0.717, 1.165) is 6.42 Å². The standard InChI is InChI=1S/C9H18N2O3/c1-12-3-2-4-13-5-6-14-8-9(11)7-10/h9H,2-6,8,11H2,1H3. The van der Waals surface area contributed by atoms with E-state index >= 15 is 0 Å². The van der Waals surface area contributed by atoms with Gasteiger partial charge in [0.05, 0.1) is 25.9 Å². The summed E-state index contributed by atoms with van der Waals surface area (Å²) in [4.78, 5) is 0. The Kier molecular flexibility index (Phi) is 9.91. The first-order valence-corrected chi connectivity index (χ1v) is 4.61. The predicted octanol–water partition coefficient (Wildman–Crippen LogP) is -0.0930. The zero-order valence-electron chi connectivity index (χ0n) is 8.57. The molecule has 1 unspecified atom stereocenters. The Labute approximate surface area is 84.7 Å². The molecule has 14 heavy (non-hydrogen) atoms. The summed E-state index contributed by atoms with van der Waals surface area (Å²) in [7, 11) is 1.66. The molecular formula is C9H18N2O3. The maximum Gasteiger partial charge on any atom is 0.116 e. The van der Waals surface area contributed by atoms with Gasteiger partial charge in [0.25, 0.3) is 0 Å². The van der Waals surface area contributed by atoms with E-state index in [0.29, 0.717) is 26.4 Å². The number of hydrogen-bond acceptors (Lipinski definition) is 5. The van der Waals surface area contributed by atoms with E-state index in [1.807, 2.05) is 6.07 Å². The third-order valence-corrected chi connectivity index (χ3v) is 1.47. The number of ether oxygens (including phenoxy) is 3. The van der Waals surface area contributed by atoms with Crippen LogP contribution in [0.5, 0.6) is 0 Å². The van der Waals surface area contributed by atoms with Gasteiger partial charge in [0.1, 0.15) is 6.04 Å². The molecule has 0 aliphatic carbocycles. The molecular weight excluding hydrogens is 184 g/mol. The van der Waals surface area contributed by atoms with E-state index in [1.165, 1.54) is 0 Å². The van der Waals surface area contributed by atoms with Crippen LogP contribution in [0.1, 0.15) is 6.42 Å². The summed E-state index contributed by atoms with van der Waals surface area (Å²) >= 11 is 0. The van der Waals surface area contributed by atoms with Crippen LogP contribution >= 0.6 is 0 Å². The van der Waals surface area contributed by atoms with Crippen LogP contribution in [0, 0.1) is 11.3 Å². The lowest BCUT2D eigenvalue weighted by Gasteiger charge is -2.06. The molecule has 5 heteroatoms. The van der Waals surface area contributed by atoms with Gasteiger partial charge in [0.2, 0.25) is 0 Å². The zero-order valence-corrected chi connectivity index (χ0v) is 8.57. The van der Waals surface area contributed by atoms with Gasteiger partial charge in [-0.25, -0.2) is 0 Å². The normalized spacial score (nSPS) is 12.4. The predicted molar refractivity (Wildman–Crippen MR) is 51.7 cm³/mol. The van der Waals surface area contributed by atoms with Crippen LogP contribution in [0.4, 0.5) is 0 Å². The average Bonchev–Trinajstić information content (AvgIpc) is 2.21. The molecule has 0 aromatic heterocycles. The molecule has 1 atom stereocenters. The minimum atomic E-state index is -0.538. The number of nitrogens with two attached hydrogens (primary N) is 1. The van der Waals surface area contributed by atoms with Gasteiger partial charge in [0, 0.05) is 20.3 Å². The van der Waals surface area contributed by atoms with Crippen LogP contribution in [0.15, 0.2) is 0 Å². The average molecular weight is 202 g/mol. The molecule has 0 aliphatic rings. The van der Waals surface area contributed by atoms with Crippen LogP contribution in [0.2, 0.25) is 0 Å². The van der Waals surface area contributed by atoms with Crippen LogP contribution in [-0.2, 0) is 14.2 Å². The largest absolute Gasteiger partial charge is 0.385 e. The molecule has 0 rings (SSSR count). The van der Waals surface area contributed by atoms with Gasteiger partial charge in [0.15, 0.2) is 0 Å². The van der Waals surface area contributed by atoms with E-state index in [-0.39, 0.29) is 6.61 Å². The van der Waals surface area contributed by atoms with Crippen molar-refractivity contribution in [2.75, 3.05) is 40.1 Å². The van der Waals surface area contributed by atoms with Crippen molar-refractivity contribution in [3.63, 3.8) is 0 Å². The minimum Gasteiger partial charge on any atom is -0.385 e. The highest BCUT2D eigenvalue weighted by Gasteiger charge is 1.98. The maximum absolute atomic E-state index is 8.33. The molecule has 0 aromatic rings. The molecule has 0 heterocycles. The molecule has 0 aromatic carbocycles. The lowest BCUT2D eigenvalue weighted by molar-refractivity contribution is 0.0389. The molecule has 0 saturated heterocycles. The highest BCUT2D eigenvalue weighted by atomic mass is 16.5. The minimum absolute atomic E-state index is 0.262. The Morgan fingerprint density at radius 2 is 1.93 bits per heavy atom. The second-order valence-electron chi connectivity index (χ2n) is 2.77. The number of methoxy groups -OCH3 is 1. The monoisotopic (exact) mass is 202 g/mol. The SMILES string of the molecule is COCCCOCCOCC(N)C#N. The summed E-state index contributed by atoms with van der Waals surface area (Å²) in [5, 5.41) is 8.33. The molecule has 82 valence electrons. The third kappa shape index (κ3) is 9.42. The summed E-state index contributed by atoms with van der Waals surface area (Å²) in [5.41, 5.74) is 5.31. The van der Waals surface area contributed by atoms with E-state index in [9.17, 15) is 0 Å². The van der Waals surface area contributed by atoms with Gasteiger partial charge in [-0.05, 0) is 6.42 Å². The Morgan fingerprint density at radius 3 is 2.57 bits per heavy atom. The Balaban J connectivity index is 2.96. The number of rotatable bonds is 9. The summed E-state index contributed by atoms with van der Waals surface area (Å²) in [6, 6.07) is 1.34. The van der Waals surface area contributed by atoms with Gasteiger partial charge in [-0.1, -0.05) is 0 Å². The van der Waals surface area contributed by atoms with Crippen LogP contribution < -0.4 is 5.73 Å². The Bertz CT molecular complexity index is 159. The quantitative estimate of drug-likeness (QED) is 0.528. The van der Waals surface area contributed by atoms with Crippen LogP contribution in [-0.4, -0.2) is 46.2 Å². The van der Waals surface area contributed by atoms with E-state index < -0.39 is 6.04 Å². The highest BCUT2D eigenvalue weighted by molar-refractivity contribution is 4.85. The van der Waals surface area contributed by atoms with Crippen molar-refractivity contribution in [3.05, 3.63) is 0 Å². The zero-order chi connectivity index (χ0) is 10.6. The number of nitrogens with zero attached hydrogens (tertiary/aromatic N) is 1. The topological polar surface area (TPSA) is 77.5 Å². The molecule has 0 bridgehead atoms. The van der Waals surface area contributed by atoms with Crippen LogP contribution in [0.3, 0.4) is 0 Å². The number of hydrogen-bond donors (Lipinski definition) is 1. The Morgan fingerprint density at radius 1 is 1.21 bits per heavy atom. The number of nitriles is 1. The molecule has 0 radical (unpaired) electrons. The van der Waals surface area contributed by atoms with Crippen molar-refractivity contribution in [1.29, 1.82) is 5.26 Å². The fraction of sp³-hybridized carbons (Fsp3) is 0.889. The first-order chi connectivity index (χ1) is 6.81. The lowest BCUT2D eigenvalue weighted by atomic mass is 10.4. The second-order valence-corrected chi connectivity index (χ2v) is 2.77. The van der Waals surface area contributed by atoms with Crippen LogP contribution in [0.25, 0.3) is 0 Å². The van der Waals surface area contributed by atoms with Crippen molar-refractivity contribution in [1.82, 2.24) is 0 Å². The smallest absolute Gasteiger partial charge is 0.116 e. The summed E-state index contributed by atoms with van der Waals surface area (Å²) in [6.07, 6.45) is 0.883. The molecule has 0 fully saturated rings. The van der Waals surface area contributed by atoms with Gasteiger partial charge < -0.3 is 19.9 Å². The highest BCUT2D eigenvalue weighted by Crippen LogP contribution is 1.85. The first kappa shape index (κ1) is 13.3. The third-order valence-electron chi connectivity index (χ3n) is 1.47. The summed E-state index contributed by atoms with van der Waals surface area (Å²) < 4.78 is 15.2. The second kappa shape index (κ2) is 10.4. The van der Waals surface area contributed by atoms with Crippen molar-refractivity contribution < 1.29 is 14.2 Å². The fourth-order valence-electron chi connectivity index (χ4n) is 0.773. The van der Waals surface area contributed by atoms with Crippen molar-refractivity contribution >= 4 is 0 Å². The Hall–Kier alpha value is -0.670. The van der Waals surface area contributed by atoms with Gasteiger partial charge in [-0.3, -0.25) is 0 Å². The molecule has 0 aliphatic heterocycles. The van der Waals surface area contributed by atoms with Crippen molar-refractivity contribution in [2.45, 2.75) is 12.5 Å². The van der Waals surface area contributed by atoms with Gasteiger partial charge >= 0.3 is 0 Å². The molecule has 2 N–H and O–H groups in total. The maximum atomic E-state index is 8.33. The van der Waals surface area contributed by atoms with Crippen molar-refractivity contribution in [3.8, 4) is 6.07 Å². The lowest BCUT2D eigenvalue weighted by Crippen LogP contribution is -2.24. The fourth-order valence-corrected chi connectivity index (χ4v) is 0.773. The van der Waals surface area contributed by atoms with E-state index in [2.05, 4.69) is 0 Å². The molecule has 5 nitrogen and oxygen atoms in total. The summed E-state index contributed by atoms with van der Waals surface area (Å²) in [5.74, 6) is 0. The molecule has 0 saturated carbocycles. The first-order valence-electron chi connectivity index (χ1n) is 4.61. The van der Waals surface area contributed by atoms with E-state index in [4.69, 9.17) is 25.2 Å². The van der Waals surface area contributed by atoms with Gasteiger partial charge in [-0.2, -0.15) is 5.26 Å². The van der Waals surface area contributed by atoms with E-state index in [1.54, 1.807) is 7.11 Å².